The van der Waals surface area contributed by atoms with Gasteiger partial charge in [-0.2, -0.15) is 5.10 Å². The molecule has 112 valence electrons. The minimum absolute atomic E-state index is 0.144. The third-order valence-electron chi connectivity index (χ3n) is 3.22. The summed E-state index contributed by atoms with van der Waals surface area (Å²) in [6, 6.07) is 3.63. The van der Waals surface area contributed by atoms with Gasteiger partial charge in [-0.25, -0.2) is 4.79 Å². The van der Waals surface area contributed by atoms with Gasteiger partial charge in [0.15, 0.2) is 0 Å². The number of hydrogen-bond donors (Lipinski definition) is 0. The molecule has 2 aromatic rings. The van der Waals surface area contributed by atoms with Crippen LogP contribution in [0.25, 0.3) is 11.3 Å². The van der Waals surface area contributed by atoms with Crippen molar-refractivity contribution in [3.63, 3.8) is 0 Å². The Morgan fingerprint density at radius 2 is 2.10 bits per heavy atom. The highest BCUT2D eigenvalue weighted by atomic mass is 16.5. The van der Waals surface area contributed by atoms with Crippen molar-refractivity contribution in [1.29, 1.82) is 0 Å². The molecule has 2 heterocycles. The first-order chi connectivity index (χ1) is 10.1. The normalized spacial score (nSPS) is 10.9. The number of aryl methyl sites for hydroxylation is 1. The molecule has 21 heavy (non-hydrogen) atoms. The number of nitrogens with zero attached hydrogens (tertiary/aromatic N) is 3. The van der Waals surface area contributed by atoms with Crippen molar-refractivity contribution in [2.24, 2.45) is 0 Å². The lowest BCUT2D eigenvalue weighted by Crippen LogP contribution is -2.11. The van der Waals surface area contributed by atoms with E-state index in [1.807, 2.05) is 37.7 Å². The van der Waals surface area contributed by atoms with E-state index in [1.165, 1.54) is 0 Å². The molecule has 0 aliphatic carbocycles. The molecule has 5 heteroatoms. The number of aromatic nitrogens is 3. The van der Waals surface area contributed by atoms with Gasteiger partial charge >= 0.3 is 5.97 Å². The summed E-state index contributed by atoms with van der Waals surface area (Å²) in [4.78, 5) is 16.6. The Bertz CT molecular complexity index is 632. The van der Waals surface area contributed by atoms with Gasteiger partial charge in [0.05, 0.1) is 29.8 Å². The Morgan fingerprint density at radius 1 is 1.33 bits per heavy atom. The molecule has 0 amide bonds. The average Bonchev–Trinajstić information content (AvgIpc) is 2.95. The van der Waals surface area contributed by atoms with Gasteiger partial charge in [-0.15, -0.1) is 0 Å². The predicted molar refractivity (Wildman–Crippen MR) is 81.2 cm³/mol. The number of rotatable bonds is 5. The number of pyridine rings is 1. The lowest BCUT2D eigenvalue weighted by molar-refractivity contribution is 0.0524. The van der Waals surface area contributed by atoms with Crippen molar-refractivity contribution in [3.05, 3.63) is 35.8 Å². The molecule has 0 aromatic carbocycles. The van der Waals surface area contributed by atoms with E-state index in [0.717, 1.165) is 23.5 Å². The van der Waals surface area contributed by atoms with Crippen molar-refractivity contribution in [3.8, 4) is 11.3 Å². The van der Waals surface area contributed by atoms with E-state index in [-0.39, 0.29) is 11.9 Å². The number of hydrogen-bond acceptors (Lipinski definition) is 4. The van der Waals surface area contributed by atoms with Crippen LogP contribution in [0.5, 0.6) is 0 Å². The molecule has 0 bridgehead atoms. The highest BCUT2D eigenvalue weighted by molar-refractivity contribution is 5.91. The molecule has 0 atom stereocenters. The van der Waals surface area contributed by atoms with Crippen LogP contribution >= 0.6 is 0 Å². The number of carbonyl (C=O) groups is 1. The largest absolute Gasteiger partial charge is 0.462 e. The lowest BCUT2D eigenvalue weighted by Gasteiger charge is -2.12. The maximum Gasteiger partial charge on any atom is 0.339 e. The van der Waals surface area contributed by atoms with E-state index in [2.05, 4.69) is 10.1 Å². The van der Waals surface area contributed by atoms with Crippen LogP contribution in [0.15, 0.2) is 24.5 Å². The van der Waals surface area contributed by atoms with E-state index < -0.39 is 0 Å². The third kappa shape index (κ3) is 3.29. The smallest absolute Gasteiger partial charge is 0.339 e. The Kier molecular flexibility index (Phi) is 4.73. The summed E-state index contributed by atoms with van der Waals surface area (Å²) < 4.78 is 6.94. The first-order valence-corrected chi connectivity index (χ1v) is 7.27. The Balaban J connectivity index is 2.42. The third-order valence-corrected chi connectivity index (χ3v) is 3.22. The van der Waals surface area contributed by atoms with Gasteiger partial charge in [0.1, 0.15) is 0 Å². The number of ether oxygens (including phenoxy) is 1. The van der Waals surface area contributed by atoms with Crippen molar-refractivity contribution in [2.75, 3.05) is 6.61 Å². The van der Waals surface area contributed by atoms with Crippen LogP contribution in [0.3, 0.4) is 0 Å². The van der Waals surface area contributed by atoms with Gasteiger partial charge in [0.2, 0.25) is 0 Å². The SMILES string of the molecule is CCOC(=O)c1ccc(-c2cnn(CC)c2)nc1C(C)C. The van der Waals surface area contributed by atoms with E-state index >= 15 is 0 Å². The predicted octanol–water partition coefficient (Wildman–Crippen LogP) is 3.27. The molecular formula is C16H21N3O2. The second kappa shape index (κ2) is 6.52. The van der Waals surface area contributed by atoms with Crippen LogP contribution in [0.1, 0.15) is 49.7 Å². The molecule has 0 unspecified atom stereocenters. The summed E-state index contributed by atoms with van der Waals surface area (Å²) in [6.45, 7) is 9.05. The minimum atomic E-state index is -0.315. The summed E-state index contributed by atoms with van der Waals surface area (Å²) in [6.07, 6.45) is 3.75. The first kappa shape index (κ1) is 15.2. The lowest BCUT2D eigenvalue weighted by atomic mass is 10.0. The van der Waals surface area contributed by atoms with Crippen molar-refractivity contribution >= 4 is 5.97 Å². The fourth-order valence-electron chi connectivity index (χ4n) is 2.13. The van der Waals surface area contributed by atoms with Crippen LogP contribution in [0.4, 0.5) is 0 Å². The zero-order valence-corrected chi connectivity index (χ0v) is 13.0. The van der Waals surface area contributed by atoms with E-state index in [9.17, 15) is 4.79 Å². The highest BCUT2D eigenvalue weighted by Crippen LogP contribution is 2.24. The molecule has 0 N–H and O–H groups in total. The molecule has 0 aliphatic heterocycles. The maximum atomic E-state index is 12.0. The molecule has 2 rings (SSSR count). The molecule has 0 spiro atoms. The van der Waals surface area contributed by atoms with E-state index in [4.69, 9.17) is 4.74 Å². The summed E-state index contributed by atoms with van der Waals surface area (Å²) in [5.74, 6) is -0.171. The van der Waals surface area contributed by atoms with Gasteiger partial charge in [0, 0.05) is 18.3 Å². The van der Waals surface area contributed by atoms with E-state index in [1.54, 1.807) is 19.2 Å². The summed E-state index contributed by atoms with van der Waals surface area (Å²) in [5.41, 5.74) is 3.08. The summed E-state index contributed by atoms with van der Waals surface area (Å²) >= 11 is 0. The quantitative estimate of drug-likeness (QED) is 0.792. The fraction of sp³-hybridized carbons (Fsp3) is 0.438. The maximum absolute atomic E-state index is 12.0. The average molecular weight is 287 g/mol. The van der Waals surface area contributed by atoms with Gasteiger partial charge in [-0.3, -0.25) is 9.67 Å². The summed E-state index contributed by atoms with van der Waals surface area (Å²) in [5, 5.41) is 4.26. The van der Waals surface area contributed by atoms with Gasteiger partial charge in [0.25, 0.3) is 0 Å². The Labute approximate surface area is 125 Å². The molecule has 0 fully saturated rings. The zero-order valence-electron chi connectivity index (χ0n) is 13.0. The molecule has 2 aromatic heterocycles. The molecular weight excluding hydrogens is 266 g/mol. The van der Waals surface area contributed by atoms with Crippen molar-refractivity contribution in [1.82, 2.24) is 14.8 Å². The van der Waals surface area contributed by atoms with Crippen LogP contribution in [-0.4, -0.2) is 27.3 Å². The first-order valence-electron chi connectivity index (χ1n) is 7.27. The zero-order chi connectivity index (χ0) is 15.4. The van der Waals surface area contributed by atoms with Crippen molar-refractivity contribution in [2.45, 2.75) is 40.2 Å². The van der Waals surface area contributed by atoms with Crippen LogP contribution in [0, 0.1) is 0 Å². The number of esters is 1. The van der Waals surface area contributed by atoms with Gasteiger partial charge < -0.3 is 4.74 Å². The Morgan fingerprint density at radius 3 is 2.67 bits per heavy atom. The summed E-state index contributed by atoms with van der Waals surface area (Å²) in [7, 11) is 0. The molecule has 0 saturated carbocycles. The van der Waals surface area contributed by atoms with Gasteiger partial charge in [-0.05, 0) is 31.9 Å². The van der Waals surface area contributed by atoms with Crippen LogP contribution in [-0.2, 0) is 11.3 Å². The molecule has 0 aliphatic rings. The molecule has 0 radical (unpaired) electrons. The van der Waals surface area contributed by atoms with E-state index in [0.29, 0.717) is 12.2 Å². The van der Waals surface area contributed by atoms with Crippen molar-refractivity contribution < 1.29 is 9.53 Å². The second-order valence-electron chi connectivity index (χ2n) is 5.09. The number of carbonyl (C=O) groups excluding carboxylic acids is 1. The topological polar surface area (TPSA) is 57.0 Å². The monoisotopic (exact) mass is 287 g/mol. The second-order valence-corrected chi connectivity index (χ2v) is 5.09. The van der Waals surface area contributed by atoms with Gasteiger partial charge in [-0.1, -0.05) is 13.8 Å². The minimum Gasteiger partial charge on any atom is -0.462 e. The Hall–Kier alpha value is -2.17. The fourth-order valence-corrected chi connectivity index (χ4v) is 2.13. The van der Waals surface area contributed by atoms with Crippen LogP contribution in [0.2, 0.25) is 0 Å². The highest BCUT2D eigenvalue weighted by Gasteiger charge is 2.18. The molecule has 0 saturated heterocycles. The molecule has 5 nitrogen and oxygen atoms in total. The van der Waals surface area contributed by atoms with Crippen LogP contribution < -0.4 is 0 Å². The standard InChI is InChI=1S/C16H21N3O2/c1-5-19-10-12(9-17-19)14-8-7-13(16(20)21-6-2)15(18-14)11(3)4/h7-11H,5-6H2,1-4H3.